The van der Waals surface area contributed by atoms with Crippen molar-refractivity contribution in [2.75, 3.05) is 10.6 Å². The van der Waals surface area contributed by atoms with Gasteiger partial charge in [-0.25, -0.2) is 0 Å². The van der Waals surface area contributed by atoms with Gasteiger partial charge in [0.1, 0.15) is 6.04 Å². The third-order valence-corrected chi connectivity index (χ3v) is 2.87. The molecule has 0 aliphatic carbocycles. The summed E-state index contributed by atoms with van der Waals surface area (Å²) < 4.78 is 0. The molecule has 98 valence electrons. The van der Waals surface area contributed by atoms with Gasteiger partial charge in [0, 0.05) is 11.4 Å². The quantitative estimate of drug-likeness (QED) is 0.877. The van der Waals surface area contributed by atoms with Crippen LogP contribution in [0.15, 0.2) is 54.6 Å². The molecule has 0 radical (unpaired) electrons. The van der Waals surface area contributed by atoms with E-state index in [9.17, 15) is 4.79 Å². The van der Waals surface area contributed by atoms with Crippen LogP contribution in [0.3, 0.4) is 0 Å². The molecule has 0 unspecified atom stereocenters. The van der Waals surface area contributed by atoms with E-state index >= 15 is 0 Å². The van der Waals surface area contributed by atoms with Gasteiger partial charge in [-0.1, -0.05) is 35.9 Å². The van der Waals surface area contributed by atoms with Crippen molar-refractivity contribution >= 4 is 17.3 Å². The molecule has 0 saturated heterocycles. The number of hydrogen-bond acceptors (Lipinski definition) is 2. The van der Waals surface area contributed by atoms with Gasteiger partial charge in [0.05, 0.1) is 0 Å². The molecule has 0 saturated carbocycles. The van der Waals surface area contributed by atoms with E-state index in [-0.39, 0.29) is 11.9 Å². The highest BCUT2D eigenvalue weighted by Gasteiger charge is 2.12. The zero-order valence-corrected chi connectivity index (χ0v) is 11.2. The number of amides is 1. The minimum absolute atomic E-state index is 0.0493. The fraction of sp³-hybridized carbons (Fsp3) is 0.188. The van der Waals surface area contributed by atoms with Crippen molar-refractivity contribution in [3.63, 3.8) is 0 Å². The Morgan fingerprint density at radius 1 is 0.947 bits per heavy atom. The molecule has 3 heteroatoms. The molecule has 2 aromatic carbocycles. The summed E-state index contributed by atoms with van der Waals surface area (Å²) in [6.07, 6.45) is 0. The van der Waals surface area contributed by atoms with E-state index in [1.165, 1.54) is 5.56 Å². The fourth-order valence-corrected chi connectivity index (χ4v) is 1.74. The summed E-state index contributed by atoms with van der Waals surface area (Å²) in [6.45, 7) is 3.88. The van der Waals surface area contributed by atoms with Gasteiger partial charge in [-0.05, 0) is 38.1 Å². The van der Waals surface area contributed by atoms with Crippen LogP contribution < -0.4 is 10.6 Å². The van der Waals surface area contributed by atoms with E-state index in [1.807, 2.05) is 68.4 Å². The minimum Gasteiger partial charge on any atom is -0.374 e. The number of rotatable bonds is 4. The Balaban J connectivity index is 1.94. The Labute approximate surface area is 113 Å². The number of para-hydroxylation sites is 1. The van der Waals surface area contributed by atoms with Crippen molar-refractivity contribution < 1.29 is 4.79 Å². The minimum atomic E-state index is -0.289. The van der Waals surface area contributed by atoms with Crippen molar-refractivity contribution in [1.82, 2.24) is 0 Å². The van der Waals surface area contributed by atoms with Gasteiger partial charge >= 0.3 is 0 Å². The maximum atomic E-state index is 12.0. The highest BCUT2D eigenvalue weighted by molar-refractivity contribution is 5.96. The van der Waals surface area contributed by atoms with Crippen LogP contribution in [0.2, 0.25) is 0 Å². The zero-order valence-electron chi connectivity index (χ0n) is 11.2. The Morgan fingerprint density at radius 2 is 1.58 bits per heavy atom. The summed E-state index contributed by atoms with van der Waals surface area (Å²) in [6, 6.07) is 17.2. The molecule has 0 spiro atoms. The van der Waals surface area contributed by atoms with Crippen molar-refractivity contribution in [3.05, 3.63) is 60.2 Å². The molecule has 0 aliphatic rings. The van der Waals surface area contributed by atoms with Gasteiger partial charge in [-0.15, -0.1) is 0 Å². The van der Waals surface area contributed by atoms with Crippen LogP contribution in [0.1, 0.15) is 12.5 Å². The van der Waals surface area contributed by atoms with Crippen molar-refractivity contribution in [1.29, 1.82) is 0 Å². The molecule has 0 heterocycles. The average Bonchev–Trinajstić information content (AvgIpc) is 2.42. The highest BCUT2D eigenvalue weighted by atomic mass is 16.2. The summed E-state index contributed by atoms with van der Waals surface area (Å²) in [5.41, 5.74) is 2.96. The van der Waals surface area contributed by atoms with Gasteiger partial charge in [0.2, 0.25) is 5.91 Å². The first kappa shape index (κ1) is 13.1. The van der Waals surface area contributed by atoms with Crippen LogP contribution in [0.4, 0.5) is 11.4 Å². The molecule has 2 rings (SSSR count). The predicted molar refractivity (Wildman–Crippen MR) is 79.3 cm³/mol. The number of carbonyl (C=O) groups excluding carboxylic acids is 1. The Morgan fingerprint density at radius 3 is 2.21 bits per heavy atom. The van der Waals surface area contributed by atoms with Gasteiger partial charge in [-0.2, -0.15) is 0 Å². The van der Waals surface area contributed by atoms with Crippen LogP contribution in [-0.2, 0) is 4.79 Å². The molecule has 1 amide bonds. The molecule has 1 atom stereocenters. The smallest absolute Gasteiger partial charge is 0.246 e. The molecule has 0 fully saturated rings. The third kappa shape index (κ3) is 3.85. The van der Waals surface area contributed by atoms with Crippen molar-refractivity contribution in [3.8, 4) is 0 Å². The standard InChI is InChI=1S/C16H18N2O/c1-12-8-10-15(11-9-12)17-13(2)16(19)18-14-6-4-3-5-7-14/h3-11,13,17H,1-2H3,(H,18,19)/t13-/m0/s1. The van der Waals surface area contributed by atoms with Crippen LogP contribution in [0.25, 0.3) is 0 Å². The van der Waals surface area contributed by atoms with E-state index in [0.717, 1.165) is 11.4 Å². The molecule has 3 nitrogen and oxygen atoms in total. The second kappa shape index (κ2) is 6.05. The second-order valence-corrected chi connectivity index (χ2v) is 4.59. The average molecular weight is 254 g/mol. The molecule has 0 aromatic heterocycles. The van der Waals surface area contributed by atoms with Gasteiger partial charge in [-0.3, -0.25) is 4.79 Å². The lowest BCUT2D eigenvalue weighted by atomic mass is 10.2. The predicted octanol–water partition coefficient (Wildman–Crippen LogP) is 3.43. The first-order valence-corrected chi connectivity index (χ1v) is 6.34. The van der Waals surface area contributed by atoms with Crippen LogP contribution >= 0.6 is 0 Å². The second-order valence-electron chi connectivity index (χ2n) is 4.59. The van der Waals surface area contributed by atoms with Crippen LogP contribution in [0.5, 0.6) is 0 Å². The normalized spacial score (nSPS) is 11.7. The summed E-state index contributed by atoms with van der Waals surface area (Å²) in [4.78, 5) is 12.0. The zero-order chi connectivity index (χ0) is 13.7. The summed E-state index contributed by atoms with van der Waals surface area (Å²) >= 11 is 0. The summed E-state index contributed by atoms with van der Waals surface area (Å²) in [7, 11) is 0. The first-order chi connectivity index (χ1) is 9.15. The number of carbonyl (C=O) groups is 1. The Kier molecular flexibility index (Phi) is 4.18. The van der Waals surface area contributed by atoms with E-state index in [4.69, 9.17) is 0 Å². The third-order valence-electron chi connectivity index (χ3n) is 2.87. The molecule has 2 aromatic rings. The van der Waals surface area contributed by atoms with Crippen LogP contribution in [-0.4, -0.2) is 11.9 Å². The molecule has 0 aliphatic heterocycles. The summed E-state index contributed by atoms with van der Waals surface area (Å²) in [5.74, 6) is -0.0493. The van der Waals surface area contributed by atoms with E-state index in [0.29, 0.717) is 0 Å². The lowest BCUT2D eigenvalue weighted by molar-refractivity contribution is -0.116. The molecular weight excluding hydrogens is 236 g/mol. The number of anilines is 2. The van der Waals surface area contributed by atoms with E-state index in [1.54, 1.807) is 0 Å². The first-order valence-electron chi connectivity index (χ1n) is 6.34. The van der Waals surface area contributed by atoms with Crippen molar-refractivity contribution in [2.45, 2.75) is 19.9 Å². The lowest BCUT2D eigenvalue weighted by Gasteiger charge is -2.15. The SMILES string of the molecule is Cc1ccc(N[C@@H](C)C(=O)Nc2ccccc2)cc1. The van der Waals surface area contributed by atoms with Crippen LogP contribution in [0, 0.1) is 6.92 Å². The molecule has 2 N–H and O–H groups in total. The maximum absolute atomic E-state index is 12.0. The van der Waals surface area contributed by atoms with E-state index < -0.39 is 0 Å². The highest BCUT2D eigenvalue weighted by Crippen LogP contribution is 2.11. The topological polar surface area (TPSA) is 41.1 Å². The molecule has 19 heavy (non-hydrogen) atoms. The number of nitrogens with one attached hydrogen (secondary N) is 2. The monoisotopic (exact) mass is 254 g/mol. The van der Waals surface area contributed by atoms with Gasteiger partial charge < -0.3 is 10.6 Å². The largest absolute Gasteiger partial charge is 0.374 e. The van der Waals surface area contributed by atoms with E-state index in [2.05, 4.69) is 10.6 Å². The Hall–Kier alpha value is -2.29. The number of benzene rings is 2. The van der Waals surface area contributed by atoms with Gasteiger partial charge in [0.15, 0.2) is 0 Å². The van der Waals surface area contributed by atoms with Crippen molar-refractivity contribution in [2.24, 2.45) is 0 Å². The fourth-order valence-electron chi connectivity index (χ4n) is 1.74. The number of aryl methyl sites for hydroxylation is 1. The Bertz CT molecular complexity index is 534. The van der Waals surface area contributed by atoms with Gasteiger partial charge in [0.25, 0.3) is 0 Å². The molecular formula is C16H18N2O. The number of hydrogen-bond donors (Lipinski definition) is 2. The lowest BCUT2D eigenvalue weighted by Crippen LogP contribution is -2.31. The summed E-state index contributed by atoms with van der Waals surface area (Å²) in [5, 5.41) is 6.05. The molecule has 0 bridgehead atoms. The maximum Gasteiger partial charge on any atom is 0.246 e.